The highest BCUT2D eigenvalue weighted by molar-refractivity contribution is 7.92. The molecule has 1 amide bonds. The number of sulfonamides is 1. The number of pyridine rings is 1. The molecule has 0 saturated carbocycles. The Morgan fingerprint density at radius 1 is 1.39 bits per heavy atom. The highest BCUT2D eigenvalue weighted by Gasteiger charge is 2.34. The summed E-state index contributed by atoms with van der Waals surface area (Å²) < 4.78 is 27.6. The summed E-state index contributed by atoms with van der Waals surface area (Å²) in [4.78, 5) is 22.3. The number of aromatic amines is 1. The molecule has 0 spiro atoms. The summed E-state index contributed by atoms with van der Waals surface area (Å²) in [5, 5.41) is 2.04. The molecule has 146 valence electrons. The zero-order chi connectivity index (χ0) is 19.7. The van der Waals surface area contributed by atoms with Gasteiger partial charge in [-0.1, -0.05) is 11.6 Å². The molecule has 2 N–H and O–H groups in total. The lowest BCUT2D eigenvalue weighted by molar-refractivity contribution is -0.129. The number of halogens is 1. The molecule has 3 aromatic heterocycles. The Kier molecular flexibility index (Phi) is 5.24. The molecule has 0 aliphatic carbocycles. The summed E-state index contributed by atoms with van der Waals surface area (Å²) in [5.74, 6) is -0.229. The molecule has 10 heteroatoms. The van der Waals surface area contributed by atoms with Crippen LogP contribution in [0.3, 0.4) is 0 Å². The lowest BCUT2D eigenvalue weighted by atomic mass is 10.3. The first-order valence-electron chi connectivity index (χ1n) is 8.56. The fourth-order valence-electron chi connectivity index (χ4n) is 3.14. The van der Waals surface area contributed by atoms with Gasteiger partial charge in [0.1, 0.15) is 6.04 Å². The van der Waals surface area contributed by atoms with Gasteiger partial charge < -0.3 is 9.88 Å². The van der Waals surface area contributed by atoms with Crippen molar-refractivity contribution < 1.29 is 13.2 Å². The number of likely N-dealkylation sites (tertiary alicyclic amines) is 1. The van der Waals surface area contributed by atoms with Gasteiger partial charge in [-0.05, 0) is 36.8 Å². The molecule has 7 nitrogen and oxygen atoms in total. The largest absolute Gasteiger partial charge is 0.357 e. The molecule has 4 heterocycles. The Labute approximate surface area is 171 Å². The van der Waals surface area contributed by atoms with Gasteiger partial charge in [-0.2, -0.15) is 4.72 Å². The van der Waals surface area contributed by atoms with Crippen LogP contribution in [0.2, 0.25) is 4.34 Å². The molecule has 0 radical (unpaired) electrons. The summed E-state index contributed by atoms with van der Waals surface area (Å²) in [5.41, 5.74) is 1.84. The van der Waals surface area contributed by atoms with Crippen LogP contribution in [0.15, 0.2) is 42.1 Å². The van der Waals surface area contributed by atoms with E-state index >= 15 is 0 Å². The van der Waals surface area contributed by atoms with Crippen molar-refractivity contribution in [3.8, 4) is 0 Å². The molecular formula is C18H17ClN4O3S2. The van der Waals surface area contributed by atoms with Crippen molar-refractivity contribution in [2.75, 3.05) is 6.54 Å². The third-order valence-corrected chi connectivity index (χ3v) is 6.75. The van der Waals surface area contributed by atoms with Gasteiger partial charge in [-0.3, -0.25) is 9.78 Å². The predicted octanol–water partition coefficient (Wildman–Crippen LogP) is 2.97. The van der Waals surface area contributed by atoms with Crippen molar-refractivity contribution in [1.29, 1.82) is 0 Å². The van der Waals surface area contributed by atoms with Crippen LogP contribution in [0, 0.1) is 0 Å². The van der Waals surface area contributed by atoms with E-state index in [1.165, 1.54) is 17.4 Å². The number of carbonyl (C=O) groups is 1. The first kappa shape index (κ1) is 19.1. The number of fused-ring (bicyclic) bond motifs is 1. The lowest BCUT2D eigenvalue weighted by Gasteiger charge is -2.16. The zero-order valence-corrected chi connectivity index (χ0v) is 17.0. The van der Waals surface area contributed by atoms with Crippen LogP contribution in [0.25, 0.3) is 17.0 Å². The van der Waals surface area contributed by atoms with Crippen LogP contribution in [0.1, 0.15) is 17.0 Å². The minimum absolute atomic E-state index is 0.229. The van der Waals surface area contributed by atoms with Crippen molar-refractivity contribution in [3.63, 3.8) is 0 Å². The number of nitrogens with zero attached hydrogens (tertiary/aromatic N) is 2. The summed E-state index contributed by atoms with van der Waals surface area (Å²) in [6.45, 7) is 0.888. The number of thiophene rings is 1. The van der Waals surface area contributed by atoms with Gasteiger partial charge in [0.25, 0.3) is 0 Å². The molecule has 1 aliphatic heterocycles. The van der Waals surface area contributed by atoms with Crippen LogP contribution in [-0.4, -0.2) is 41.8 Å². The molecule has 1 saturated heterocycles. The minimum atomic E-state index is -3.73. The number of nitrogens with one attached hydrogen (secondary N) is 2. The fraction of sp³-hybridized carbons (Fsp3) is 0.222. The topological polar surface area (TPSA) is 95.2 Å². The molecule has 0 bridgehead atoms. The predicted molar refractivity (Wildman–Crippen MR) is 110 cm³/mol. The second-order valence-electron chi connectivity index (χ2n) is 6.47. The monoisotopic (exact) mass is 436 g/mol. The van der Waals surface area contributed by atoms with E-state index in [1.54, 1.807) is 29.4 Å². The molecule has 1 aliphatic rings. The average Bonchev–Trinajstić information content (AvgIpc) is 3.34. The molecule has 0 unspecified atom stereocenters. The summed E-state index contributed by atoms with van der Waals surface area (Å²) in [6, 6.07) is 6.49. The maximum absolute atomic E-state index is 12.6. The Morgan fingerprint density at radius 3 is 3.00 bits per heavy atom. The number of amides is 1. The second-order valence-corrected chi connectivity index (χ2v) is 9.81. The molecule has 28 heavy (non-hydrogen) atoms. The van der Waals surface area contributed by atoms with Crippen molar-refractivity contribution in [3.05, 3.63) is 57.0 Å². The van der Waals surface area contributed by atoms with Gasteiger partial charge in [-0.25, -0.2) is 8.42 Å². The second kappa shape index (κ2) is 7.67. The van der Waals surface area contributed by atoms with E-state index in [1.807, 2.05) is 12.1 Å². The molecule has 1 fully saturated rings. The van der Waals surface area contributed by atoms with Gasteiger partial charge in [0.2, 0.25) is 15.9 Å². The van der Waals surface area contributed by atoms with Crippen LogP contribution >= 0.6 is 22.9 Å². The SMILES string of the molecule is O=C1[C@@H](NS(=O)(=O)C=Cc2ccc(Cl)s2)CCN1Cc1cc2cnccc2[nH]1. The van der Waals surface area contributed by atoms with Gasteiger partial charge in [0, 0.05) is 45.8 Å². The summed E-state index contributed by atoms with van der Waals surface area (Å²) in [7, 11) is -3.73. The lowest BCUT2D eigenvalue weighted by Crippen LogP contribution is -2.40. The number of hydrogen-bond donors (Lipinski definition) is 2. The number of H-pyrrole nitrogens is 1. The van der Waals surface area contributed by atoms with E-state index in [9.17, 15) is 13.2 Å². The van der Waals surface area contributed by atoms with Gasteiger partial charge >= 0.3 is 0 Å². The number of aromatic nitrogens is 2. The first-order chi connectivity index (χ1) is 13.4. The first-order valence-corrected chi connectivity index (χ1v) is 11.3. The van der Waals surface area contributed by atoms with Gasteiger partial charge in [0.15, 0.2) is 0 Å². The molecule has 0 aromatic carbocycles. The van der Waals surface area contributed by atoms with E-state index in [2.05, 4.69) is 14.7 Å². The number of hydrogen-bond acceptors (Lipinski definition) is 5. The number of rotatable bonds is 6. The Balaban J connectivity index is 1.40. The molecule has 3 aromatic rings. The zero-order valence-electron chi connectivity index (χ0n) is 14.6. The third kappa shape index (κ3) is 4.27. The fourth-order valence-corrected chi connectivity index (χ4v) is 5.21. The highest BCUT2D eigenvalue weighted by atomic mass is 35.5. The van der Waals surface area contributed by atoms with Crippen LogP contribution in [-0.2, 0) is 21.4 Å². The van der Waals surface area contributed by atoms with Crippen LogP contribution < -0.4 is 4.72 Å². The van der Waals surface area contributed by atoms with Gasteiger partial charge in [0.05, 0.1) is 10.9 Å². The van der Waals surface area contributed by atoms with Crippen molar-refractivity contribution in [1.82, 2.24) is 19.6 Å². The summed E-state index contributed by atoms with van der Waals surface area (Å²) >= 11 is 7.12. The van der Waals surface area contributed by atoms with E-state index in [-0.39, 0.29) is 5.91 Å². The smallest absolute Gasteiger partial charge is 0.241 e. The molecular weight excluding hydrogens is 420 g/mol. The maximum Gasteiger partial charge on any atom is 0.241 e. The Hall–Kier alpha value is -2.20. The molecule has 1 atom stereocenters. The van der Waals surface area contributed by atoms with E-state index in [4.69, 9.17) is 11.6 Å². The normalized spacial score (nSPS) is 18.0. The van der Waals surface area contributed by atoms with Crippen LogP contribution in [0.5, 0.6) is 0 Å². The summed E-state index contributed by atoms with van der Waals surface area (Å²) in [6.07, 6.45) is 5.35. The number of carbonyl (C=O) groups excluding carboxylic acids is 1. The van der Waals surface area contributed by atoms with Crippen molar-refractivity contribution in [2.45, 2.75) is 19.0 Å². The Bertz CT molecular complexity index is 1120. The average molecular weight is 437 g/mol. The van der Waals surface area contributed by atoms with Crippen molar-refractivity contribution >= 4 is 55.8 Å². The van der Waals surface area contributed by atoms with E-state index in [0.29, 0.717) is 23.8 Å². The van der Waals surface area contributed by atoms with Gasteiger partial charge in [-0.15, -0.1) is 11.3 Å². The van der Waals surface area contributed by atoms with Crippen molar-refractivity contribution in [2.24, 2.45) is 0 Å². The quantitative estimate of drug-likeness (QED) is 0.621. The third-order valence-electron chi connectivity index (χ3n) is 4.45. The van der Waals surface area contributed by atoms with Crippen LogP contribution in [0.4, 0.5) is 0 Å². The molecule has 4 rings (SSSR count). The standard InChI is InChI=1S/C18H17ClN4O3S2/c19-17-2-1-14(27-17)5-8-28(25,26)22-16-4-7-23(18(16)24)11-13-9-12-10-20-6-3-15(12)21-13/h1-3,5-6,8-10,16,21-22H,4,7,11H2/t16-/m0/s1. The maximum atomic E-state index is 12.6. The van der Waals surface area contributed by atoms with E-state index < -0.39 is 16.1 Å². The Morgan fingerprint density at radius 2 is 2.25 bits per heavy atom. The van der Waals surface area contributed by atoms with E-state index in [0.717, 1.165) is 26.9 Å². The minimum Gasteiger partial charge on any atom is -0.357 e. The highest BCUT2D eigenvalue weighted by Crippen LogP contribution is 2.23.